The maximum Gasteiger partial charge on any atom is 0.138 e. The van der Waals surface area contributed by atoms with Crippen LogP contribution < -0.4 is 16.4 Å². The van der Waals surface area contributed by atoms with Gasteiger partial charge in [0.25, 0.3) is 0 Å². The van der Waals surface area contributed by atoms with Crippen molar-refractivity contribution in [1.29, 1.82) is 0 Å². The molecule has 0 saturated heterocycles. The van der Waals surface area contributed by atoms with E-state index in [-0.39, 0.29) is 6.04 Å². The molecule has 0 unspecified atom stereocenters. The van der Waals surface area contributed by atoms with E-state index in [9.17, 15) is 0 Å². The number of hydrogen-bond donors (Lipinski definition) is 3. The zero-order chi connectivity index (χ0) is 19.7. The number of fused-ring (bicyclic) bond motifs is 1. The normalized spacial score (nSPS) is 12.1. The lowest BCUT2D eigenvalue weighted by Crippen LogP contribution is -2.10. The molecule has 4 N–H and O–H groups in total. The summed E-state index contributed by atoms with van der Waals surface area (Å²) in [5.41, 5.74) is 11.9. The summed E-state index contributed by atoms with van der Waals surface area (Å²) in [6, 6.07) is 14.1. The van der Waals surface area contributed by atoms with Gasteiger partial charge in [-0.3, -0.25) is 0 Å². The predicted octanol–water partition coefficient (Wildman–Crippen LogP) is 5.00. The Labute approximate surface area is 163 Å². The van der Waals surface area contributed by atoms with Gasteiger partial charge in [-0.2, -0.15) is 0 Å². The van der Waals surface area contributed by atoms with Crippen LogP contribution in [0.1, 0.15) is 24.4 Å². The van der Waals surface area contributed by atoms with Crippen LogP contribution in [0.25, 0.3) is 22.0 Å². The molecule has 0 radical (unpaired) electrons. The number of nitrogens with two attached hydrogens (primary N) is 1. The average Bonchev–Trinajstić information content (AvgIpc) is 3.22. The van der Waals surface area contributed by atoms with Crippen LogP contribution in [0.2, 0.25) is 0 Å². The highest BCUT2D eigenvalue weighted by Gasteiger charge is 2.13. The molecular weight excluding hydrogens is 350 g/mol. The van der Waals surface area contributed by atoms with Crippen LogP contribution in [-0.4, -0.2) is 17.0 Å². The highest BCUT2D eigenvalue weighted by Crippen LogP contribution is 2.30. The van der Waals surface area contributed by atoms with Gasteiger partial charge in [0.05, 0.1) is 24.1 Å². The van der Waals surface area contributed by atoms with Crippen molar-refractivity contribution < 1.29 is 4.42 Å². The summed E-state index contributed by atoms with van der Waals surface area (Å²) in [5, 5.41) is 7.68. The Balaban J connectivity index is 1.72. The molecule has 6 nitrogen and oxygen atoms in total. The minimum absolute atomic E-state index is 0.00453. The van der Waals surface area contributed by atoms with Gasteiger partial charge in [-0.05, 0) is 67.4 Å². The van der Waals surface area contributed by atoms with Crippen LogP contribution >= 0.6 is 0 Å². The number of aromatic nitrogens is 2. The fourth-order valence-corrected chi connectivity index (χ4v) is 3.32. The number of nitrogens with one attached hydrogen (secondary N) is 2. The molecule has 2 aromatic carbocycles. The third-order valence-electron chi connectivity index (χ3n) is 4.78. The topological polar surface area (TPSA) is 89.0 Å². The first-order valence-corrected chi connectivity index (χ1v) is 9.19. The Morgan fingerprint density at radius 1 is 1.04 bits per heavy atom. The zero-order valence-corrected chi connectivity index (χ0v) is 16.2. The zero-order valence-electron chi connectivity index (χ0n) is 16.2. The number of hydrogen-bond acceptors (Lipinski definition) is 6. The molecule has 0 spiro atoms. The highest BCUT2D eigenvalue weighted by atomic mass is 16.3. The van der Waals surface area contributed by atoms with Crippen molar-refractivity contribution in [1.82, 2.24) is 9.97 Å². The van der Waals surface area contributed by atoms with Crippen molar-refractivity contribution in [3.8, 4) is 11.1 Å². The van der Waals surface area contributed by atoms with E-state index >= 15 is 0 Å². The molecule has 1 atom stereocenters. The lowest BCUT2D eigenvalue weighted by molar-refractivity contribution is 0.568. The number of nitrogens with zero attached hydrogens (tertiary/aromatic N) is 2. The lowest BCUT2D eigenvalue weighted by Gasteiger charge is -2.18. The van der Waals surface area contributed by atoms with Crippen molar-refractivity contribution in [3.05, 3.63) is 66.4 Å². The van der Waals surface area contributed by atoms with E-state index in [0.29, 0.717) is 5.69 Å². The summed E-state index contributed by atoms with van der Waals surface area (Å²) in [6.07, 6.45) is 3.38. The van der Waals surface area contributed by atoms with Gasteiger partial charge in [-0.15, -0.1) is 0 Å². The Hall–Kier alpha value is -3.54. The van der Waals surface area contributed by atoms with Gasteiger partial charge >= 0.3 is 0 Å². The number of nitrogen functional groups attached to an aromatic ring is 1. The molecule has 2 heterocycles. The van der Waals surface area contributed by atoms with Gasteiger partial charge in [0, 0.05) is 29.4 Å². The number of benzene rings is 2. The summed E-state index contributed by atoms with van der Waals surface area (Å²) >= 11 is 0. The van der Waals surface area contributed by atoms with E-state index in [1.807, 2.05) is 44.3 Å². The maximum atomic E-state index is 6.16. The van der Waals surface area contributed by atoms with Crippen molar-refractivity contribution in [3.63, 3.8) is 0 Å². The summed E-state index contributed by atoms with van der Waals surface area (Å²) in [5.74, 6) is 1.53. The molecule has 4 rings (SSSR count). The quantitative estimate of drug-likeness (QED) is 0.427. The van der Waals surface area contributed by atoms with E-state index in [2.05, 4.69) is 39.7 Å². The Morgan fingerprint density at radius 2 is 1.89 bits per heavy atom. The number of rotatable bonds is 5. The van der Waals surface area contributed by atoms with Crippen molar-refractivity contribution in [2.24, 2.45) is 0 Å². The van der Waals surface area contributed by atoms with Gasteiger partial charge in [-0.25, -0.2) is 9.97 Å². The average molecular weight is 373 g/mol. The fraction of sp³-hybridized carbons (Fsp3) is 0.182. The maximum absolute atomic E-state index is 6.16. The first-order valence-electron chi connectivity index (χ1n) is 9.19. The van der Waals surface area contributed by atoms with E-state index in [1.54, 1.807) is 12.5 Å². The first kappa shape index (κ1) is 17.9. The number of furan rings is 1. The van der Waals surface area contributed by atoms with Gasteiger partial charge in [0.15, 0.2) is 0 Å². The molecule has 4 aromatic rings. The minimum atomic E-state index is 0.00453. The van der Waals surface area contributed by atoms with E-state index < -0.39 is 0 Å². The second-order valence-corrected chi connectivity index (χ2v) is 6.87. The molecule has 2 aromatic heterocycles. The van der Waals surface area contributed by atoms with E-state index in [0.717, 1.165) is 44.9 Å². The highest BCUT2D eigenvalue weighted by molar-refractivity contribution is 5.91. The van der Waals surface area contributed by atoms with Crippen LogP contribution in [0.4, 0.5) is 17.2 Å². The SMILES string of the molecule is CNc1ccc2nc(C)nc(N[C@H](C)c3cc(N)cc(-c4ccoc4)c3)c2c1. The molecule has 0 aliphatic carbocycles. The summed E-state index contributed by atoms with van der Waals surface area (Å²) in [4.78, 5) is 9.19. The van der Waals surface area contributed by atoms with Crippen molar-refractivity contribution in [2.75, 3.05) is 23.4 Å². The lowest BCUT2D eigenvalue weighted by atomic mass is 10.0. The summed E-state index contributed by atoms with van der Waals surface area (Å²) in [7, 11) is 1.90. The molecule has 0 amide bonds. The second kappa shape index (κ2) is 7.23. The monoisotopic (exact) mass is 373 g/mol. The van der Waals surface area contributed by atoms with Gasteiger partial charge in [0.2, 0.25) is 0 Å². The third kappa shape index (κ3) is 3.49. The third-order valence-corrected chi connectivity index (χ3v) is 4.78. The fourth-order valence-electron chi connectivity index (χ4n) is 3.32. The Bertz CT molecular complexity index is 1120. The van der Waals surface area contributed by atoms with Crippen LogP contribution in [0, 0.1) is 6.92 Å². The van der Waals surface area contributed by atoms with Gasteiger partial charge in [0.1, 0.15) is 11.6 Å². The summed E-state index contributed by atoms with van der Waals surface area (Å²) < 4.78 is 5.21. The van der Waals surface area contributed by atoms with Crippen molar-refractivity contribution >= 4 is 28.1 Å². The van der Waals surface area contributed by atoms with Crippen LogP contribution in [0.15, 0.2) is 59.4 Å². The second-order valence-electron chi connectivity index (χ2n) is 6.87. The predicted molar refractivity (Wildman–Crippen MR) is 114 cm³/mol. The van der Waals surface area contributed by atoms with Gasteiger partial charge < -0.3 is 20.8 Å². The van der Waals surface area contributed by atoms with E-state index in [1.165, 1.54) is 0 Å². The molecule has 0 saturated carbocycles. The largest absolute Gasteiger partial charge is 0.472 e. The van der Waals surface area contributed by atoms with Crippen LogP contribution in [0.3, 0.4) is 0 Å². The molecule has 0 fully saturated rings. The van der Waals surface area contributed by atoms with Crippen molar-refractivity contribution in [2.45, 2.75) is 19.9 Å². The first-order chi connectivity index (χ1) is 13.5. The van der Waals surface area contributed by atoms with E-state index in [4.69, 9.17) is 10.2 Å². The smallest absolute Gasteiger partial charge is 0.138 e. The molecular formula is C22H23N5O. The number of aryl methyl sites for hydroxylation is 1. The molecule has 142 valence electrons. The Morgan fingerprint density at radius 3 is 2.64 bits per heavy atom. The Kier molecular flexibility index (Phi) is 4.61. The number of anilines is 3. The molecule has 0 aliphatic rings. The molecule has 0 aliphatic heterocycles. The summed E-state index contributed by atoms with van der Waals surface area (Å²) in [6.45, 7) is 4.00. The standard InChI is InChI=1S/C22H23N5O/c1-13(16-8-17(10-18(23)9-16)15-6-7-28-12-15)25-22-20-11-19(24-3)4-5-21(20)26-14(2)27-22/h4-13,24H,23H2,1-3H3,(H,25,26,27)/t13-/m1/s1. The molecule has 0 bridgehead atoms. The minimum Gasteiger partial charge on any atom is -0.472 e. The van der Waals surface area contributed by atoms with Crippen LogP contribution in [-0.2, 0) is 0 Å². The van der Waals surface area contributed by atoms with Gasteiger partial charge in [-0.1, -0.05) is 0 Å². The molecule has 28 heavy (non-hydrogen) atoms. The van der Waals surface area contributed by atoms with Crippen LogP contribution in [0.5, 0.6) is 0 Å². The molecule has 6 heteroatoms.